The zero-order valence-electron chi connectivity index (χ0n) is 22.5. The fraction of sp³-hybridized carbons (Fsp3) is 0.226. The number of pyridine rings is 1. The molecule has 0 bridgehead atoms. The predicted octanol–water partition coefficient (Wildman–Crippen LogP) is 8.33. The lowest BCUT2D eigenvalue weighted by molar-refractivity contribution is -0.661. The van der Waals surface area contributed by atoms with Gasteiger partial charge in [-0.25, -0.2) is 13.8 Å². The number of halogens is 1. The van der Waals surface area contributed by atoms with E-state index in [2.05, 4.69) is 10.9 Å². The zero-order valence-corrected chi connectivity index (χ0v) is 20.5. The molecule has 0 aliphatic carbocycles. The van der Waals surface area contributed by atoms with Crippen molar-refractivity contribution in [1.29, 1.82) is 0 Å². The topological polar surface area (TPSA) is 21.4 Å². The van der Waals surface area contributed by atoms with Crippen molar-refractivity contribution in [3.8, 4) is 22.4 Å². The molecule has 2 aromatic heterocycles. The van der Waals surface area contributed by atoms with Gasteiger partial charge in [0.05, 0.1) is 17.7 Å². The lowest BCUT2D eigenvalue weighted by Gasteiger charge is -2.18. The number of hydrogen-bond acceptors (Lipinski definition) is 1. The van der Waals surface area contributed by atoms with Gasteiger partial charge < -0.3 is 4.42 Å². The number of aryl methyl sites for hydroxylation is 2. The van der Waals surface area contributed by atoms with E-state index in [0.29, 0.717) is 22.5 Å². The first kappa shape index (κ1) is 20.4. The van der Waals surface area contributed by atoms with Crippen LogP contribution < -0.4 is 4.57 Å². The molecule has 2 heterocycles. The molecule has 5 rings (SSSR count). The molecule has 0 saturated carbocycles. The summed E-state index contributed by atoms with van der Waals surface area (Å²) >= 11 is 0. The summed E-state index contributed by atoms with van der Waals surface area (Å²) in [6.45, 7) is 14.7. The molecule has 0 fully saturated rings. The Morgan fingerprint density at radius 1 is 1.09 bits per heavy atom. The number of aromatic nitrogens is 1. The minimum Gasteiger partial charge on any atom is -0.456 e. The van der Waals surface area contributed by atoms with Crippen LogP contribution >= 0.6 is 0 Å². The molecule has 0 saturated heterocycles. The molecule has 0 unspecified atom stereocenters. The Hall–Kier alpha value is -3.97. The SMILES string of the molecule is [2H]C([2H])(c1c[n+](C)c(-c2c(C)cc(-c3ccccc3)c3c2oc2cc([N+]#[C-])ccc23)cc1F)C(C)(C)C. The van der Waals surface area contributed by atoms with E-state index in [-0.39, 0.29) is 5.56 Å². The van der Waals surface area contributed by atoms with Crippen LogP contribution in [-0.4, -0.2) is 0 Å². The number of furan rings is 1. The van der Waals surface area contributed by atoms with Gasteiger partial charge in [-0.2, -0.15) is 0 Å². The molecule has 0 radical (unpaired) electrons. The number of benzene rings is 3. The van der Waals surface area contributed by atoms with Crippen molar-refractivity contribution in [2.45, 2.75) is 34.1 Å². The minimum absolute atomic E-state index is 0.0207. The summed E-state index contributed by atoms with van der Waals surface area (Å²) in [5.74, 6) is -0.598. The molecule has 0 amide bonds. The standard InChI is InChI=1S/C31H28FN2O/c1-19-14-24(20-10-8-7-9-11-20)29-23-13-12-22(33-5)15-27(23)35-30(29)28(19)26-16-25(32)21(18-34(26)6)17-31(2,3)4/h7-16,18H,17H2,1-4,6H3/q+1/i17D2. The highest BCUT2D eigenvalue weighted by atomic mass is 19.1. The van der Waals surface area contributed by atoms with Gasteiger partial charge in [0.25, 0.3) is 0 Å². The highest BCUT2D eigenvalue weighted by Crippen LogP contribution is 2.43. The molecular formula is C31H28FN2O+. The first-order chi connectivity index (χ1) is 17.4. The quantitative estimate of drug-likeness (QED) is 0.194. The van der Waals surface area contributed by atoms with Gasteiger partial charge in [0.1, 0.15) is 24.0 Å². The summed E-state index contributed by atoms with van der Waals surface area (Å²) in [4.78, 5) is 3.55. The van der Waals surface area contributed by atoms with Gasteiger partial charge in [0, 0.05) is 19.6 Å². The minimum atomic E-state index is -1.87. The monoisotopic (exact) mass is 465 g/mol. The fourth-order valence-corrected chi connectivity index (χ4v) is 4.67. The molecule has 4 heteroatoms. The van der Waals surface area contributed by atoms with Crippen molar-refractivity contribution in [2.24, 2.45) is 12.5 Å². The van der Waals surface area contributed by atoms with Crippen molar-refractivity contribution < 1.29 is 16.1 Å². The average Bonchev–Trinajstić information content (AvgIpc) is 3.23. The maximum Gasteiger partial charge on any atom is 0.219 e. The van der Waals surface area contributed by atoms with Crippen molar-refractivity contribution >= 4 is 27.6 Å². The highest BCUT2D eigenvalue weighted by molar-refractivity contribution is 6.17. The van der Waals surface area contributed by atoms with Crippen LogP contribution in [0.4, 0.5) is 10.1 Å². The van der Waals surface area contributed by atoms with E-state index < -0.39 is 17.6 Å². The maximum atomic E-state index is 15.6. The van der Waals surface area contributed by atoms with E-state index in [4.69, 9.17) is 13.7 Å². The molecule has 5 aromatic rings. The molecule has 3 aromatic carbocycles. The van der Waals surface area contributed by atoms with Gasteiger partial charge in [0.15, 0.2) is 11.9 Å². The largest absolute Gasteiger partial charge is 0.456 e. The van der Waals surface area contributed by atoms with Crippen molar-refractivity contribution in [2.75, 3.05) is 0 Å². The van der Waals surface area contributed by atoms with E-state index >= 15 is 4.39 Å². The van der Waals surface area contributed by atoms with Crippen LogP contribution in [0, 0.1) is 24.7 Å². The third-order valence-electron chi connectivity index (χ3n) is 6.13. The number of nitrogens with zero attached hydrogens (tertiary/aromatic N) is 2. The van der Waals surface area contributed by atoms with E-state index in [1.54, 1.807) is 50.7 Å². The Morgan fingerprint density at radius 3 is 2.51 bits per heavy atom. The van der Waals surface area contributed by atoms with Crippen molar-refractivity contribution in [3.63, 3.8) is 0 Å². The molecule has 0 atom stereocenters. The Kier molecular flexibility index (Phi) is 4.87. The van der Waals surface area contributed by atoms with Gasteiger partial charge in [-0.15, -0.1) is 0 Å². The first-order valence-corrected chi connectivity index (χ1v) is 11.6. The van der Waals surface area contributed by atoms with Crippen molar-refractivity contribution in [3.05, 3.63) is 95.2 Å². The summed E-state index contributed by atoms with van der Waals surface area (Å²) in [6, 6.07) is 18.9. The summed E-state index contributed by atoms with van der Waals surface area (Å²) in [5.41, 5.74) is 5.16. The van der Waals surface area contributed by atoms with E-state index in [1.165, 1.54) is 6.07 Å². The van der Waals surface area contributed by atoms with Gasteiger partial charge in [-0.1, -0.05) is 63.2 Å². The fourth-order valence-electron chi connectivity index (χ4n) is 4.67. The Labute approximate surface area is 208 Å². The van der Waals surface area contributed by atoms with Crippen LogP contribution in [-0.2, 0) is 13.4 Å². The second-order valence-electron chi connectivity index (χ2n) is 9.99. The van der Waals surface area contributed by atoms with Crippen LogP contribution in [0.25, 0.3) is 49.2 Å². The van der Waals surface area contributed by atoms with E-state index in [9.17, 15) is 0 Å². The number of fused-ring (bicyclic) bond motifs is 3. The first-order valence-electron chi connectivity index (χ1n) is 12.6. The van der Waals surface area contributed by atoms with Crippen LogP contribution in [0.1, 0.15) is 34.6 Å². The maximum absolute atomic E-state index is 15.6. The van der Waals surface area contributed by atoms with Gasteiger partial charge in [-0.3, -0.25) is 0 Å². The Morgan fingerprint density at radius 2 is 1.83 bits per heavy atom. The Balaban J connectivity index is 1.86. The molecule has 0 N–H and O–H groups in total. The lowest BCUT2D eigenvalue weighted by atomic mass is 9.88. The third-order valence-corrected chi connectivity index (χ3v) is 6.13. The van der Waals surface area contributed by atoms with Crippen LogP contribution in [0.3, 0.4) is 0 Å². The van der Waals surface area contributed by atoms with Crippen LogP contribution in [0.5, 0.6) is 0 Å². The molecule has 35 heavy (non-hydrogen) atoms. The van der Waals surface area contributed by atoms with Crippen molar-refractivity contribution in [1.82, 2.24) is 0 Å². The summed E-state index contributed by atoms with van der Waals surface area (Å²) < 4.78 is 41.0. The van der Waals surface area contributed by atoms with Crippen LogP contribution in [0.15, 0.2) is 71.3 Å². The molecule has 0 spiro atoms. The molecule has 0 aliphatic heterocycles. The molecule has 3 nitrogen and oxygen atoms in total. The van der Waals surface area contributed by atoms with Gasteiger partial charge >= 0.3 is 0 Å². The van der Waals surface area contributed by atoms with Crippen LogP contribution in [0.2, 0.25) is 0 Å². The van der Waals surface area contributed by atoms with E-state index in [1.807, 2.05) is 43.3 Å². The number of hydrogen-bond donors (Lipinski definition) is 0. The summed E-state index contributed by atoms with van der Waals surface area (Å²) in [6.07, 6.45) is -0.323. The molecule has 0 aliphatic rings. The summed E-state index contributed by atoms with van der Waals surface area (Å²) in [7, 11) is 1.80. The Bertz CT molecular complexity index is 1720. The molecule has 174 valence electrons. The zero-order chi connectivity index (χ0) is 26.7. The number of rotatable bonds is 3. The third kappa shape index (κ3) is 4.08. The highest BCUT2D eigenvalue weighted by Gasteiger charge is 2.26. The predicted molar refractivity (Wildman–Crippen MR) is 140 cm³/mol. The second kappa shape index (κ2) is 8.36. The molecular weight excluding hydrogens is 435 g/mol. The van der Waals surface area contributed by atoms with E-state index in [0.717, 1.165) is 33.0 Å². The lowest BCUT2D eigenvalue weighted by Crippen LogP contribution is -2.33. The van der Waals surface area contributed by atoms with Gasteiger partial charge in [-0.05, 0) is 47.5 Å². The normalized spacial score (nSPS) is 13.1. The second-order valence-corrected chi connectivity index (χ2v) is 9.99. The average molecular weight is 466 g/mol. The van der Waals surface area contributed by atoms with Gasteiger partial charge in [0.2, 0.25) is 5.69 Å². The summed E-state index contributed by atoms with van der Waals surface area (Å²) in [5, 5.41) is 1.78. The smallest absolute Gasteiger partial charge is 0.219 e.